The Bertz CT molecular complexity index is 1340. The molecule has 9 nitrogen and oxygen atoms in total. The number of fused-ring (bicyclic) bond motifs is 9. The minimum absolute atomic E-state index is 0.0194. The van der Waals surface area contributed by atoms with Crippen LogP contribution in [0.5, 0.6) is 17.2 Å². The van der Waals surface area contributed by atoms with Gasteiger partial charge >= 0.3 is 5.97 Å². The standard InChI is InChI=1S/C24H24N2O7S3/c1-7(23(30)31)26-21(28)15-9-6-10(16(15)22(26)29)18-14(9)13(19-20(35-18)25-24(34)36-19)8-4-11(32-2)17(27)12(5-8)33-3/h4-5,7,9-10,13-16,18,27H,6H2,1-3H3,(H,25,34)(H,30,31). The monoisotopic (exact) mass is 548 g/mol. The Morgan fingerprint density at radius 1 is 1.17 bits per heavy atom. The molecule has 36 heavy (non-hydrogen) atoms. The maximum absolute atomic E-state index is 13.5. The number of aromatic amines is 1. The number of hydrogen-bond acceptors (Lipinski definition) is 9. The van der Waals surface area contributed by atoms with Gasteiger partial charge in [0.2, 0.25) is 17.6 Å². The number of phenols is 1. The van der Waals surface area contributed by atoms with Gasteiger partial charge in [-0.15, -0.1) is 23.1 Å². The van der Waals surface area contributed by atoms with Crippen molar-refractivity contribution in [2.75, 3.05) is 14.2 Å². The van der Waals surface area contributed by atoms with Gasteiger partial charge in [0.05, 0.1) is 31.1 Å². The maximum atomic E-state index is 13.5. The maximum Gasteiger partial charge on any atom is 0.326 e. The lowest BCUT2D eigenvalue weighted by molar-refractivity contribution is -0.154. The summed E-state index contributed by atoms with van der Waals surface area (Å²) in [5, 5.41) is 21.0. The number of H-pyrrole nitrogens is 1. The number of carboxylic acid groups (broad SMARTS) is 1. The Morgan fingerprint density at radius 2 is 1.78 bits per heavy atom. The zero-order chi connectivity index (χ0) is 25.6. The van der Waals surface area contributed by atoms with E-state index >= 15 is 0 Å². The van der Waals surface area contributed by atoms with Crippen molar-refractivity contribution in [3.8, 4) is 17.2 Å². The van der Waals surface area contributed by atoms with Crippen LogP contribution in [0, 0.1) is 33.5 Å². The van der Waals surface area contributed by atoms with E-state index in [9.17, 15) is 24.6 Å². The van der Waals surface area contributed by atoms with Crippen LogP contribution in [-0.4, -0.2) is 63.4 Å². The first-order valence-electron chi connectivity index (χ1n) is 11.6. The molecule has 0 radical (unpaired) electrons. The normalized spacial score (nSPS) is 32.8. The number of carbonyl (C=O) groups excluding carboxylic acids is 2. The van der Waals surface area contributed by atoms with Gasteiger partial charge in [0.15, 0.2) is 15.5 Å². The van der Waals surface area contributed by atoms with Gasteiger partial charge in [-0.1, -0.05) is 0 Å². The van der Waals surface area contributed by atoms with Crippen LogP contribution in [0.2, 0.25) is 0 Å². The molecule has 3 heterocycles. The predicted octanol–water partition coefficient (Wildman–Crippen LogP) is 3.47. The number of likely N-dealkylation sites (tertiary alicyclic amines) is 1. The quantitative estimate of drug-likeness (QED) is 0.380. The van der Waals surface area contributed by atoms with Gasteiger partial charge in [0.1, 0.15) is 6.04 Å². The summed E-state index contributed by atoms with van der Waals surface area (Å²) in [5.41, 5.74) is 0.875. The van der Waals surface area contributed by atoms with E-state index in [1.165, 1.54) is 32.5 Å². The van der Waals surface area contributed by atoms with Crippen LogP contribution in [0.15, 0.2) is 17.2 Å². The number of amides is 2. The van der Waals surface area contributed by atoms with E-state index < -0.39 is 23.8 Å². The highest BCUT2D eigenvalue weighted by atomic mass is 32.2. The largest absolute Gasteiger partial charge is 0.502 e. The number of benzene rings is 1. The second kappa shape index (κ2) is 8.22. The first kappa shape index (κ1) is 23.8. The van der Waals surface area contributed by atoms with E-state index in [0.717, 1.165) is 26.8 Å². The lowest BCUT2D eigenvalue weighted by Crippen LogP contribution is -2.44. The van der Waals surface area contributed by atoms with Crippen LogP contribution in [0.3, 0.4) is 0 Å². The molecule has 3 N–H and O–H groups in total. The zero-order valence-corrected chi connectivity index (χ0v) is 22.0. The van der Waals surface area contributed by atoms with Crippen molar-refractivity contribution in [1.82, 2.24) is 9.88 Å². The minimum atomic E-state index is -1.19. The summed E-state index contributed by atoms with van der Waals surface area (Å²) in [5.74, 6) is -2.72. The number of aromatic nitrogens is 1. The van der Waals surface area contributed by atoms with E-state index in [1.807, 2.05) is 0 Å². The Balaban J connectivity index is 1.48. The molecule has 1 aromatic carbocycles. The average Bonchev–Trinajstić information content (AvgIpc) is 3.57. The van der Waals surface area contributed by atoms with Gasteiger partial charge in [-0.25, -0.2) is 4.79 Å². The number of thiazole rings is 1. The third-order valence-corrected chi connectivity index (χ3v) is 11.3. The molecule has 2 saturated carbocycles. The second-order valence-electron chi connectivity index (χ2n) is 9.80. The number of hydrogen-bond donors (Lipinski definition) is 3. The third kappa shape index (κ3) is 3.07. The van der Waals surface area contributed by atoms with Crippen LogP contribution in [0.4, 0.5) is 0 Å². The fourth-order valence-electron chi connectivity index (χ4n) is 7.00. The van der Waals surface area contributed by atoms with Gasteiger partial charge in [-0.2, -0.15) is 0 Å². The number of nitrogens with one attached hydrogen (secondary N) is 1. The lowest BCUT2D eigenvalue weighted by atomic mass is 9.68. The molecule has 2 aliphatic carbocycles. The Hall–Kier alpha value is -2.57. The second-order valence-corrected chi connectivity index (χ2v) is 12.7. The molecule has 8 unspecified atom stereocenters. The number of carbonyl (C=O) groups is 3. The number of thioether (sulfide) groups is 1. The number of imide groups is 1. The summed E-state index contributed by atoms with van der Waals surface area (Å²) in [6, 6.07) is 2.40. The van der Waals surface area contributed by atoms with E-state index in [0.29, 0.717) is 3.95 Å². The number of carboxylic acids is 1. The zero-order valence-electron chi connectivity index (χ0n) is 19.6. The number of aliphatic carboxylic acids is 1. The summed E-state index contributed by atoms with van der Waals surface area (Å²) < 4.78 is 11.5. The molecular formula is C24H24N2O7S3. The number of rotatable bonds is 5. The van der Waals surface area contributed by atoms with Crippen molar-refractivity contribution in [3.63, 3.8) is 0 Å². The summed E-state index contributed by atoms with van der Waals surface area (Å²) in [6.45, 7) is 1.39. The van der Waals surface area contributed by atoms with Crippen molar-refractivity contribution in [2.24, 2.45) is 29.6 Å². The van der Waals surface area contributed by atoms with E-state index in [4.69, 9.17) is 21.7 Å². The van der Waals surface area contributed by atoms with Crippen molar-refractivity contribution in [1.29, 1.82) is 0 Å². The average molecular weight is 549 g/mol. The molecule has 2 bridgehead atoms. The number of phenolic OH excluding ortho intramolecular Hbond substituents is 1. The Morgan fingerprint density at radius 3 is 2.36 bits per heavy atom. The predicted molar refractivity (Wildman–Crippen MR) is 133 cm³/mol. The fourth-order valence-corrected chi connectivity index (χ4v) is 10.3. The van der Waals surface area contributed by atoms with Crippen LogP contribution < -0.4 is 9.47 Å². The Kier molecular flexibility index (Phi) is 5.44. The number of aromatic hydroxyl groups is 1. The van der Waals surface area contributed by atoms with Crippen LogP contribution in [-0.2, 0) is 14.4 Å². The van der Waals surface area contributed by atoms with Crippen molar-refractivity contribution in [3.05, 3.63) is 26.5 Å². The van der Waals surface area contributed by atoms with Crippen molar-refractivity contribution < 1.29 is 34.1 Å². The van der Waals surface area contributed by atoms with Gasteiger partial charge in [-0.3, -0.25) is 14.5 Å². The summed E-state index contributed by atoms with van der Waals surface area (Å²) >= 11 is 8.65. The van der Waals surface area contributed by atoms with Crippen molar-refractivity contribution in [2.45, 2.75) is 35.6 Å². The minimum Gasteiger partial charge on any atom is -0.502 e. The first-order chi connectivity index (χ1) is 17.2. The molecule has 2 amide bonds. The van der Waals surface area contributed by atoms with Crippen molar-refractivity contribution >= 4 is 53.1 Å². The van der Waals surface area contributed by atoms with Gasteiger partial charge in [0, 0.05) is 16.0 Å². The van der Waals surface area contributed by atoms with Gasteiger partial charge < -0.3 is 24.7 Å². The third-order valence-electron chi connectivity index (χ3n) is 8.36. The smallest absolute Gasteiger partial charge is 0.326 e. The van der Waals surface area contributed by atoms with Crippen LogP contribution in [0.25, 0.3) is 0 Å². The van der Waals surface area contributed by atoms with Crippen LogP contribution >= 0.6 is 35.3 Å². The molecule has 1 aromatic heterocycles. The van der Waals surface area contributed by atoms with Gasteiger partial charge in [0.25, 0.3) is 0 Å². The molecule has 190 valence electrons. The highest BCUT2D eigenvalue weighted by Gasteiger charge is 2.70. The fraction of sp³-hybridized carbons (Fsp3) is 0.500. The van der Waals surface area contributed by atoms with Crippen LogP contribution in [0.1, 0.15) is 29.7 Å². The SMILES string of the molecule is COc1cc(C2c3sc(=S)[nH]c3SC3C4CC(C5C(=O)N(C(C)C(=O)O)C(=O)C45)C23)cc(OC)c1O. The number of nitrogens with zero attached hydrogens (tertiary/aromatic N) is 1. The molecule has 3 fully saturated rings. The lowest BCUT2D eigenvalue weighted by Gasteiger charge is -2.43. The molecule has 0 spiro atoms. The highest BCUT2D eigenvalue weighted by Crippen LogP contribution is 2.69. The summed E-state index contributed by atoms with van der Waals surface area (Å²) in [7, 11) is 2.96. The number of methoxy groups -OCH3 is 2. The molecule has 12 heteroatoms. The molecule has 8 atom stereocenters. The molecule has 2 aliphatic heterocycles. The molecule has 1 saturated heterocycles. The molecule has 4 aliphatic rings. The first-order valence-corrected chi connectivity index (χ1v) is 13.7. The summed E-state index contributed by atoms with van der Waals surface area (Å²) in [4.78, 5) is 43.8. The van der Waals surface area contributed by atoms with E-state index in [1.54, 1.807) is 23.9 Å². The molecular weight excluding hydrogens is 524 g/mol. The number of ether oxygens (including phenoxy) is 2. The highest BCUT2D eigenvalue weighted by molar-refractivity contribution is 8.00. The topological polar surface area (TPSA) is 129 Å². The molecule has 2 aromatic rings. The van der Waals surface area contributed by atoms with Gasteiger partial charge in [-0.05, 0) is 61.0 Å². The van der Waals surface area contributed by atoms with E-state index in [2.05, 4.69) is 4.98 Å². The Labute approximate surface area is 219 Å². The molecule has 6 rings (SSSR count). The summed E-state index contributed by atoms with van der Waals surface area (Å²) in [6.07, 6.45) is 0.739. The van der Waals surface area contributed by atoms with E-state index in [-0.39, 0.29) is 58.0 Å².